The number of hydrogen-bond donors (Lipinski definition) is 0. The van der Waals surface area contributed by atoms with Crippen molar-refractivity contribution in [3.05, 3.63) is 84.4 Å². The quantitative estimate of drug-likeness (QED) is 0.382. The third kappa shape index (κ3) is 3.62. The highest BCUT2D eigenvalue weighted by molar-refractivity contribution is 7.98. The lowest BCUT2D eigenvalue weighted by atomic mass is 10.1. The molecule has 26 heavy (non-hydrogen) atoms. The molecule has 4 heteroatoms. The van der Waals surface area contributed by atoms with Gasteiger partial charge in [0.05, 0.1) is 0 Å². The van der Waals surface area contributed by atoms with Gasteiger partial charge in [0.25, 0.3) is 0 Å². The summed E-state index contributed by atoms with van der Waals surface area (Å²) in [4.78, 5) is 1.29. The van der Waals surface area contributed by atoms with Crippen LogP contribution in [0.3, 0.4) is 0 Å². The molecule has 0 spiro atoms. The van der Waals surface area contributed by atoms with Gasteiger partial charge in [-0.1, -0.05) is 78.5 Å². The van der Waals surface area contributed by atoms with E-state index in [4.69, 9.17) is 0 Å². The van der Waals surface area contributed by atoms with Crippen LogP contribution >= 0.6 is 23.5 Å². The van der Waals surface area contributed by atoms with Crippen molar-refractivity contribution in [3.8, 4) is 11.3 Å². The number of rotatable bonds is 5. The van der Waals surface area contributed by atoms with Crippen LogP contribution in [0.5, 0.6) is 0 Å². The lowest BCUT2D eigenvalue weighted by molar-refractivity contribution is 0.961. The fourth-order valence-electron chi connectivity index (χ4n) is 2.87. The van der Waals surface area contributed by atoms with Crippen LogP contribution in [-0.4, -0.2) is 16.5 Å². The number of hydrogen-bond acceptors (Lipinski definition) is 4. The molecule has 0 aliphatic rings. The summed E-state index contributed by atoms with van der Waals surface area (Å²) in [5, 5.41) is 12.4. The van der Waals surface area contributed by atoms with Gasteiger partial charge in [0.1, 0.15) is 10.7 Å². The minimum absolute atomic E-state index is 0.887. The second kappa shape index (κ2) is 7.94. The van der Waals surface area contributed by atoms with Gasteiger partial charge in [-0.05, 0) is 24.0 Å². The van der Waals surface area contributed by atoms with Gasteiger partial charge in [-0.15, -0.1) is 22.0 Å². The number of fused-ring (bicyclic) bond motifs is 1. The monoisotopic (exact) mass is 374 g/mol. The van der Waals surface area contributed by atoms with Crippen molar-refractivity contribution in [1.82, 2.24) is 10.2 Å². The Kier molecular flexibility index (Phi) is 5.23. The SMILES string of the molecule is CSc1ccc(CSc2nnc(-c3ccccc3)c3ccccc23)cc1. The van der Waals surface area contributed by atoms with E-state index in [1.54, 1.807) is 23.5 Å². The molecule has 0 aliphatic heterocycles. The summed E-state index contributed by atoms with van der Waals surface area (Å²) >= 11 is 3.50. The van der Waals surface area contributed by atoms with Gasteiger partial charge in [-0.25, -0.2) is 0 Å². The van der Waals surface area contributed by atoms with Gasteiger partial charge >= 0.3 is 0 Å². The summed E-state index contributed by atoms with van der Waals surface area (Å²) in [5.41, 5.74) is 3.33. The normalized spacial score (nSPS) is 11.0. The molecule has 2 nitrogen and oxygen atoms in total. The van der Waals surface area contributed by atoms with Crippen LogP contribution in [0, 0.1) is 0 Å². The molecule has 0 bridgehead atoms. The summed E-state index contributed by atoms with van der Waals surface area (Å²) < 4.78 is 0. The molecule has 3 aromatic carbocycles. The molecule has 128 valence electrons. The van der Waals surface area contributed by atoms with Crippen LogP contribution in [0.4, 0.5) is 0 Å². The molecule has 0 aliphatic carbocycles. The van der Waals surface area contributed by atoms with E-state index in [1.165, 1.54) is 10.5 Å². The van der Waals surface area contributed by atoms with Gasteiger partial charge in [0, 0.05) is 27.0 Å². The molecule has 0 saturated heterocycles. The van der Waals surface area contributed by atoms with E-state index in [1.807, 2.05) is 18.2 Å². The van der Waals surface area contributed by atoms with Crippen molar-refractivity contribution in [2.24, 2.45) is 0 Å². The molecule has 1 heterocycles. The van der Waals surface area contributed by atoms with Crippen molar-refractivity contribution >= 4 is 34.3 Å². The summed E-state index contributed by atoms with van der Waals surface area (Å²) in [6.45, 7) is 0. The van der Waals surface area contributed by atoms with Gasteiger partial charge in [-0.2, -0.15) is 0 Å². The minimum atomic E-state index is 0.887. The van der Waals surface area contributed by atoms with E-state index >= 15 is 0 Å². The summed E-state index contributed by atoms with van der Waals surface area (Å²) in [7, 11) is 0. The Labute approximate surface area is 162 Å². The first-order valence-corrected chi connectivity index (χ1v) is 10.6. The highest BCUT2D eigenvalue weighted by Gasteiger charge is 2.11. The molecule has 1 aromatic heterocycles. The Morgan fingerprint density at radius 3 is 2.15 bits per heavy atom. The van der Waals surface area contributed by atoms with Crippen molar-refractivity contribution in [1.29, 1.82) is 0 Å². The van der Waals surface area contributed by atoms with Crippen LogP contribution in [0.25, 0.3) is 22.0 Å². The molecule has 0 atom stereocenters. The zero-order valence-corrected chi connectivity index (χ0v) is 16.1. The maximum atomic E-state index is 4.54. The second-order valence-electron chi connectivity index (χ2n) is 5.90. The van der Waals surface area contributed by atoms with Crippen molar-refractivity contribution in [2.75, 3.05) is 6.26 Å². The fraction of sp³-hybridized carbons (Fsp3) is 0.0909. The smallest absolute Gasteiger partial charge is 0.127 e. The van der Waals surface area contributed by atoms with Gasteiger partial charge in [0.15, 0.2) is 0 Å². The lowest BCUT2D eigenvalue weighted by Gasteiger charge is -2.09. The van der Waals surface area contributed by atoms with Crippen molar-refractivity contribution in [3.63, 3.8) is 0 Å². The zero-order chi connectivity index (χ0) is 17.8. The van der Waals surface area contributed by atoms with E-state index < -0.39 is 0 Å². The van der Waals surface area contributed by atoms with Crippen LogP contribution in [0.1, 0.15) is 5.56 Å². The van der Waals surface area contributed by atoms with E-state index in [-0.39, 0.29) is 0 Å². The maximum absolute atomic E-state index is 4.54. The number of nitrogens with zero attached hydrogens (tertiary/aromatic N) is 2. The molecular weight excluding hydrogens is 356 g/mol. The Morgan fingerprint density at radius 2 is 1.42 bits per heavy atom. The second-order valence-corrected chi connectivity index (χ2v) is 7.75. The molecule has 0 amide bonds. The molecule has 0 unspecified atom stereocenters. The molecule has 4 aromatic rings. The van der Waals surface area contributed by atoms with E-state index in [0.717, 1.165) is 32.8 Å². The first-order chi connectivity index (χ1) is 12.8. The Balaban J connectivity index is 1.66. The van der Waals surface area contributed by atoms with Crippen LogP contribution in [-0.2, 0) is 5.75 Å². The molecule has 0 fully saturated rings. The number of thioether (sulfide) groups is 2. The minimum Gasteiger partial charge on any atom is -0.149 e. The molecule has 0 saturated carbocycles. The van der Waals surface area contributed by atoms with Gasteiger partial charge < -0.3 is 0 Å². The molecule has 0 radical (unpaired) electrons. The highest BCUT2D eigenvalue weighted by atomic mass is 32.2. The van der Waals surface area contributed by atoms with E-state index in [0.29, 0.717) is 0 Å². The zero-order valence-electron chi connectivity index (χ0n) is 14.4. The molecular formula is C22H18N2S2. The Hall–Kier alpha value is -2.30. The fourth-order valence-corrected chi connectivity index (χ4v) is 4.20. The highest BCUT2D eigenvalue weighted by Crippen LogP contribution is 2.33. The summed E-state index contributed by atoms with van der Waals surface area (Å²) in [6, 6.07) is 27.4. The third-order valence-electron chi connectivity index (χ3n) is 4.24. The maximum Gasteiger partial charge on any atom is 0.127 e. The summed E-state index contributed by atoms with van der Waals surface area (Å²) in [6.07, 6.45) is 2.10. The number of aromatic nitrogens is 2. The first-order valence-electron chi connectivity index (χ1n) is 8.42. The molecule has 0 N–H and O–H groups in total. The average Bonchev–Trinajstić information content (AvgIpc) is 2.73. The number of benzene rings is 3. The standard InChI is InChI=1S/C22H18N2S2/c1-25-18-13-11-16(12-14-18)15-26-22-20-10-6-5-9-19(20)21(23-24-22)17-7-3-2-4-8-17/h2-14H,15H2,1H3. The van der Waals surface area contributed by atoms with Crippen LogP contribution in [0.2, 0.25) is 0 Å². The Bertz CT molecular complexity index is 1020. The van der Waals surface area contributed by atoms with Crippen LogP contribution < -0.4 is 0 Å². The van der Waals surface area contributed by atoms with Crippen LogP contribution in [0.15, 0.2) is 88.8 Å². The Morgan fingerprint density at radius 1 is 0.731 bits per heavy atom. The van der Waals surface area contributed by atoms with Gasteiger partial charge in [0.2, 0.25) is 0 Å². The van der Waals surface area contributed by atoms with Gasteiger partial charge in [-0.3, -0.25) is 0 Å². The predicted octanol–water partition coefficient (Wildman–Crippen LogP) is 6.31. The van der Waals surface area contributed by atoms with E-state index in [2.05, 4.69) is 77.1 Å². The largest absolute Gasteiger partial charge is 0.149 e. The van der Waals surface area contributed by atoms with E-state index in [9.17, 15) is 0 Å². The average molecular weight is 375 g/mol. The van der Waals surface area contributed by atoms with Crippen molar-refractivity contribution < 1.29 is 0 Å². The van der Waals surface area contributed by atoms with Crippen molar-refractivity contribution in [2.45, 2.75) is 15.7 Å². The lowest BCUT2D eigenvalue weighted by Crippen LogP contribution is -1.94. The first kappa shape index (κ1) is 17.1. The summed E-state index contributed by atoms with van der Waals surface area (Å²) in [5.74, 6) is 0.887. The topological polar surface area (TPSA) is 25.8 Å². The third-order valence-corrected chi connectivity index (χ3v) is 6.03. The molecule has 4 rings (SSSR count). The predicted molar refractivity (Wildman–Crippen MR) is 113 cm³/mol.